The van der Waals surface area contributed by atoms with Crippen LogP contribution in [-0.4, -0.2) is 19.7 Å². The van der Waals surface area contributed by atoms with Gasteiger partial charge in [-0.25, -0.2) is 13.2 Å². The second-order valence-corrected chi connectivity index (χ2v) is 6.26. The Morgan fingerprint density at radius 1 is 1.00 bits per heavy atom. The molecule has 3 aromatic heterocycles. The molecule has 3 heterocycles. The highest BCUT2D eigenvalue weighted by Gasteiger charge is 2.17. The topological polar surface area (TPSA) is 46.5 Å². The Balaban J connectivity index is 1.69. The molecule has 0 spiro atoms. The van der Waals surface area contributed by atoms with Crippen molar-refractivity contribution in [2.24, 2.45) is 0 Å². The highest BCUT2D eigenvalue weighted by molar-refractivity contribution is 5.84. The molecule has 4 rings (SSSR count). The molecule has 0 amide bonds. The van der Waals surface area contributed by atoms with Crippen molar-refractivity contribution in [1.29, 1.82) is 0 Å². The van der Waals surface area contributed by atoms with Crippen molar-refractivity contribution in [3.8, 4) is 11.3 Å². The molecule has 8 heteroatoms. The summed E-state index contributed by atoms with van der Waals surface area (Å²) in [5.41, 5.74) is 1.95. The van der Waals surface area contributed by atoms with Crippen LogP contribution in [0.3, 0.4) is 0 Å². The monoisotopic (exact) mass is 374 g/mol. The third-order valence-electron chi connectivity index (χ3n) is 4.36. The Labute approximate surface area is 151 Å². The summed E-state index contributed by atoms with van der Waals surface area (Å²) in [4.78, 5) is 6.15. The number of nitrogens with one attached hydrogen (secondary N) is 1. The zero-order chi connectivity index (χ0) is 19.1. The van der Waals surface area contributed by atoms with Crippen LogP contribution >= 0.6 is 0 Å². The number of hydrogen-bond acceptors (Lipinski definition) is 2. The van der Waals surface area contributed by atoms with Gasteiger partial charge in [0.05, 0.1) is 23.1 Å². The second kappa shape index (κ2) is 6.53. The molecule has 1 N–H and O–H groups in total. The molecular weight excluding hydrogens is 360 g/mol. The molecule has 0 radical (unpaired) electrons. The first-order valence-electron chi connectivity index (χ1n) is 8.23. The van der Waals surface area contributed by atoms with Gasteiger partial charge in [-0.1, -0.05) is 0 Å². The van der Waals surface area contributed by atoms with Gasteiger partial charge < -0.3 is 4.98 Å². The first-order valence-corrected chi connectivity index (χ1v) is 8.23. The fourth-order valence-corrected chi connectivity index (χ4v) is 3.20. The average molecular weight is 374 g/mol. The molecule has 0 atom stereocenters. The summed E-state index contributed by atoms with van der Waals surface area (Å²) in [5.74, 6) is -2.82. The molecule has 0 bridgehead atoms. The van der Waals surface area contributed by atoms with E-state index in [9.17, 15) is 17.6 Å². The largest absolute Gasteiger partial charge is 0.329 e. The van der Waals surface area contributed by atoms with E-state index in [-0.39, 0.29) is 29.4 Å². The highest BCUT2D eigenvalue weighted by atomic mass is 19.1. The lowest BCUT2D eigenvalue weighted by atomic mass is 10.1. The van der Waals surface area contributed by atoms with Gasteiger partial charge in [-0.05, 0) is 31.5 Å². The maximum Gasteiger partial charge on any atom is 0.195 e. The van der Waals surface area contributed by atoms with Crippen LogP contribution in [0.15, 0.2) is 36.7 Å². The Morgan fingerprint density at radius 3 is 2.59 bits per heavy atom. The lowest BCUT2D eigenvalue weighted by Crippen LogP contribution is -2.06. The Kier molecular flexibility index (Phi) is 4.18. The van der Waals surface area contributed by atoms with E-state index in [0.717, 1.165) is 12.3 Å². The minimum atomic E-state index is -0.850. The molecule has 0 aliphatic carbocycles. The lowest BCUT2D eigenvalue weighted by molar-refractivity contribution is 0.555. The summed E-state index contributed by atoms with van der Waals surface area (Å²) in [6.07, 6.45) is 2.75. The first kappa shape index (κ1) is 17.3. The fourth-order valence-electron chi connectivity index (χ4n) is 3.20. The van der Waals surface area contributed by atoms with Gasteiger partial charge in [-0.3, -0.25) is 9.67 Å². The molecule has 0 saturated carbocycles. The summed E-state index contributed by atoms with van der Waals surface area (Å²) in [6, 6.07) is 4.89. The van der Waals surface area contributed by atoms with Crippen molar-refractivity contribution in [3.63, 3.8) is 0 Å². The minimum absolute atomic E-state index is 0.0740. The quantitative estimate of drug-likeness (QED) is 0.534. The molecule has 0 unspecified atom stereocenters. The van der Waals surface area contributed by atoms with Crippen molar-refractivity contribution >= 4 is 10.9 Å². The lowest BCUT2D eigenvalue weighted by Gasteiger charge is -2.07. The van der Waals surface area contributed by atoms with E-state index >= 15 is 0 Å². The molecule has 0 saturated heterocycles. The van der Waals surface area contributed by atoms with Gasteiger partial charge in [-0.2, -0.15) is 9.49 Å². The summed E-state index contributed by atoms with van der Waals surface area (Å²) < 4.78 is 56.7. The molecule has 0 aliphatic rings. The van der Waals surface area contributed by atoms with Crippen LogP contribution in [0.2, 0.25) is 0 Å². The second-order valence-electron chi connectivity index (χ2n) is 6.26. The van der Waals surface area contributed by atoms with E-state index in [1.807, 2.05) is 0 Å². The number of aromatic amines is 1. The van der Waals surface area contributed by atoms with E-state index in [1.54, 1.807) is 17.7 Å². The summed E-state index contributed by atoms with van der Waals surface area (Å²) >= 11 is 0. The minimum Gasteiger partial charge on any atom is -0.329 e. The molecule has 1 aromatic carbocycles. The Hall–Kier alpha value is -3.16. The maximum absolute atomic E-state index is 14.3. The van der Waals surface area contributed by atoms with Gasteiger partial charge >= 0.3 is 0 Å². The standard InChI is InChI=1S/C19H14F4N4/c1-10-4-17(11-5-13(21)9-24-8-11)27(26-10)3-2-14-15-6-12(20)7-16(22)18(15)25-19(14)23/h4-9,25H,2-3H2,1H3. The van der Waals surface area contributed by atoms with Crippen molar-refractivity contribution in [2.75, 3.05) is 0 Å². The van der Waals surface area contributed by atoms with Gasteiger partial charge in [0.2, 0.25) is 0 Å². The summed E-state index contributed by atoms with van der Waals surface area (Å²) in [6.45, 7) is 2.02. The number of rotatable bonds is 4. The molecule has 0 fully saturated rings. The number of benzene rings is 1. The van der Waals surface area contributed by atoms with Gasteiger partial charge in [0.25, 0.3) is 0 Å². The maximum atomic E-state index is 14.3. The fraction of sp³-hybridized carbons (Fsp3) is 0.158. The number of fused-ring (bicyclic) bond motifs is 1. The number of aryl methyl sites for hydroxylation is 3. The number of H-pyrrole nitrogens is 1. The number of hydrogen-bond donors (Lipinski definition) is 1. The number of nitrogens with zero attached hydrogens (tertiary/aromatic N) is 3. The Bertz CT molecular complexity index is 1150. The Morgan fingerprint density at radius 2 is 1.81 bits per heavy atom. The van der Waals surface area contributed by atoms with E-state index in [1.165, 1.54) is 12.3 Å². The van der Waals surface area contributed by atoms with Gasteiger partial charge in [-0.15, -0.1) is 0 Å². The number of halogens is 4. The average Bonchev–Trinajstić information content (AvgIpc) is 3.13. The van der Waals surface area contributed by atoms with Crippen LogP contribution < -0.4 is 0 Å². The molecule has 4 aromatic rings. The molecule has 0 aliphatic heterocycles. The third kappa shape index (κ3) is 3.18. The van der Waals surface area contributed by atoms with Crippen LogP contribution in [0.5, 0.6) is 0 Å². The van der Waals surface area contributed by atoms with E-state index in [0.29, 0.717) is 23.0 Å². The normalized spacial score (nSPS) is 11.4. The van der Waals surface area contributed by atoms with Gasteiger partial charge in [0.1, 0.15) is 17.5 Å². The van der Waals surface area contributed by atoms with Crippen molar-refractivity contribution < 1.29 is 17.6 Å². The van der Waals surface area contributed by atoms with Crippen molar-refractivity contribution in [2.45, 2.75) is 19.9 Å². The highest BCUT2D eigenvalue weighted by Crippen LogP contribution is 2.27. The first-order chi connectivity index (χ1) is 12.9. The molecule has 4 nitrogen and oxygen atoms in total. The summed E-state index contributed by atoms with van der Waals surface area (Å²) in [7, 11) is 0. The summed E-state index contributed by atoms with van der Waals surface area (Å²) in [5, 5.41) is 4.50. The number of pyridine rings is 1. The predicted octanol–water partition coefficient (Wildman–Crippen LogP) is 4.53. The molecular formula is C19H14F4N4. The number of aromatic nitrogens is 4. The van der Waals surface area contributed by atoms with Gasteiger partial charge in [0.15, 0.2) is 5.95 Å². The molecule has 138 valence electrons. The van der Waals surface area contributed by atoms with Crippen LogP contribution in [0.25, 0.3) is 22.2 Å². The van der Waals surface area contributed by atoms with Crippen molar-refractivity contribution in [3.05, 3.63) is 71.3 Å². The van der Waals surface area contributed by atoms with Crippen LogP contribution in [0.4, 0.5) is 17.6 Å². The van der Waals surface area contributed by atoms with E-state index in [4.69, 9.17) is 0 Å². The van der Waals surface area contributed by atoms with E-state index in [2.05, 4.69) is 15.1 Å². The molecule has 27 heavy (non-hydrogen) atoms. The zero-order valence-corrected chi connectivity index (χ0v) is 14.2. The van der Waals surface area contributed by atoms with Crippen LogP contribution in [0, 0.1) is 30.3 Å². The third-order valence-corrected chi connectivity index (χ3v) is 4.36. The van der Waals surface area contributed by atoms with Crippen LogP contribution in [-0.2, 0) is 13.0 Å². The van der Waals surface area contributed by atoms with Crippen molar-refractivity contribution in [1.82, 2.24) is 19.7 Å². The van der Waals surface area contributed by atoms with Gasteiger partial charge in [0, 0.05) is 35.3 Å². The van der Waals surface area contributed by atoms with E-state index < -0.39 is 23.4 Å². The predicted molar refractivity (Wildman–Crippen MR) is 92.0 cm³/mol. The smallest absolute Gasteiger partial charge is 0.195 e. The SMILES string of the molecule is Cc1cc(-c2cncc(F)c2)n(CCc2c(F)[nH]c3c(F)cc(F)cc23)n1. The van der Waals surface area contributed by atoms with Crippen LogP contribution in [0.1, 0.15) is 11.3 Å². The zero-order valence-electron chi connectivity index (χ0n) is 14.2.